The number of nitrogens with one attached hydrogen (secondary N) is 4. The van der Waals surface area contributed by atoms with Crippen LogP contribution in [0, 0.1) is 0 Å². The summed E-state index contributed by atoms with van der Waals surface area (Å²) in [4.78, 5) is 25.8. The van der Waals surface area contributed by atoms with Crippen LogP contribution < -0.4 is 16.2 Å². The van der Waals surface area contributed by atoms with Crippen LogP contribution in [-0.2, 0) is 0 Å². The summed E-state index contributed by atoms with van der Waals surface area (Å²) in [6.07, 6.45) is 0. The number of urea groups is 1. The van der Waals surface area contributed by atoms with Crippen LogP contribution in [0.25, 0.3) is 10.9 Å². The van der Waals surface area contributed by atoms with Crippen LogP contribution >= 0.6 is 15.9 Å². The Morgan fingerprint density at radius 2 is 1.94 bits per heavy atom. The average Bonchev–Trinajstić information content (AvgIpc) is 2.73. The summed E-state index contributed by atoms with van der Waals surface area (Å²) >= 11 is 3.36. The SMILES string of the molecule is CNC(=O)NNC(=O)c1[nH]c2ccccc2c1Br. The van der Waals surface area contributed by atoms with E-state index in [1.807, 2.05) is 24.3 Å². The van der Waals surface area contributed by atoms with Crippen molar-refractivity contribution in [2.75, 3.05) is 7.05 Å². The zero-order chi connectivity index (χ0) is 13.1. The van der Waals surface area contributed by atoms with Gasteiger partial charge in [0.1, 0.15) is 5.69 Å². The number of hydrogen-bond acceptors (Lipinski definition) is 2. The minimum atomic E-state index is -0.490. The molecular formula is C11H11BrN4O2. The highest BCUT2D eigenvalue weighted by Gasteiger charge is 2.15. The quantitative estimate of drug-likeness (QED) is 0.602. The van der Waals surface area contributed by atoms with Gasteiger partial charge in [0, 0.05) is 18.0 Å². The Hall–Kier alpha value is -2.02. The molecule has 0 aliphatic carbocycles. The van der Waals surface area contributed by atoms with E-state index >= 15 is 0 Å². The van der Waals surface area contributed by atoms with E-state index in [-0.39, 0.29) is 0 Å². The van der Waals surface area contributed by atoms with Gasteiger partial charge in [-0.2, -0.15) is 0 Å². The maximum atomic E-state index is 11.8. The molecule has 1 heterocycles. The Bertz CT molecular complexity index is 608. The van der Waals surface area contributed by atoms with Gasteiger partial charge in [-0.1, -0.05) is 18.2 Å². The van der Waals surface area contributed by atoms with E-state index in [1.165, 1.54) is 7.05 Å². The van der Waals surface area contributed by atoms with Gasteiger partial charge >= 0.3 is 6.03 Å². The fourth-order valence-electron chi connectivity index (χ4n) is 1.50. The highest BCUT2D eigenvalue weighted by molar-refractivity contribution is 9.10. The van der Waals surface area contributed by atoms with E-state index in [1.54, 1.807) is 0 Å². The summed E-state index contributed by atoms with van der Waals surface area (Å²) < 4.78 is 0.661. The van der Waals surface area contributed by atoms with Crippen molar-refractivity contribution in [2.24, 2.45) is 0 Å². The molecule has 0 unspecified atom stereocenters. The molecule has 7 heteroatoms. The number of hydrazine groups is 1. The number of carbonyl (C=O) groups is 2. The number of benzene rings is 1. The molecule has 94 valence electrons. The predicted octanol–water partition coefficient (Wildman–Crippen LogP) is 1.50. The largest absolute Gasteiger partial charge is 0.350 e. The molecule has 0 saturated heterocycles. The third kappa shape index (κ3) is 2.30. The van der Waals surface area contributed by atoms with E-state index in [2.05, 4.69) is 37.1 Å². The Morgan fingerprint density at radius 3 is 2.61 bits per heavy atom. The van der Waals surface area contributed by atoms with Crippen molar-refractivity contribution in [2.45, 2.75) is 0 Å². The van der Waals surface area contributed by atoms with Crippen LogP contribution in [0.15, 0.2) is 28.7 Å². The van der Waals surface area contributed by atoms with E-state index in [9.17, 15) is 9.59 Å². The fraction of sp³-hybridized carbons (Fsp3) is 0.0909. The van der Waals surface area contributed by atoms with Gasteiger partial charge in [0.05, 0.1) is 4.47 Å². The number of rotatable bonds is 1. The standard InChI is InChI=1S/C11H11BrN4O2/c1-13-11(18)16-15-10(17)9-8(12)6-4-2-3-5-7(6)14-9/h2-5,14H,1H3,(H,15,17)(H2,13,16,18). The predicted molar refractivity (Wildman–Crippen MR) is 71.1 cm³/mol. The van der Waals surface area contributed by atoms with Crippen molar-refractivity contribution in [3.05, 3.63) is 34.4 Å². The van der Waals surface area contributed by atoms with Gasteiger partial charge in [-0.15, -0.1) is 0 Å². The van der Waals surface area contributed by atoms with Gasteiger partial charge in [-0.25, -0.2) is 10.2 Å². The Balaban J connectivity index is 2.23. The smallest absolute Gasteiger partial charge is 0.333 e. The van der Waals surface area contributed by atoms with Crippen LogP contribution in [0.5, 0.6) is 0 Å². The number of para-hydroxylation sites is 1. The first-order valence-corrected chi connectivity index (χ1v) is 5.97. The Kier molecular flexibility index (Phi) is 3.52. The Morgan fingerprint density at radius 1 is 1.22 bits per heavy atom. The minimum absolute atomic E-state index is 0.354. The lowest BCUT2D eigenvalue weighted by Gasteiger charge is -2.05. The van der Waals surface area contributed by atoms with Gasteiger partial charge < -0.3 is 10.3 Å². The summed E-state index contributed by atoms with van der Waals surface area (Å²) in [5.74, 6) is -0.429. The second-order valence-electron chi connectivity index (χ2n) is 3.52. The maximum Gasteiger partial charge on any atom is 0.333 e. The third-order valence-corrected chi connectivity index (χ3v) is 3.21. The summed E-state index contributed by atoms with van der Waals surface area (Å²) in [5, 5.41) is 3.23. The lowest BCUT2D eigenvalue weighted by Crippen LogP contribution is -2.45. The van der Waals surface area contributed by atoms with Gasteiger partial charge in [0.15, 0.2) is 0 Å². The van der Waals surface area contributed by atoms with Gasteiger partial charge in [0.2, 0.25) is 0 Å². The molecule has 0 atom stereocenters. The molecule has 18 heavy (non-hydrogen) atoms. The molecule has 0 spiro atoms. The van der Waals surface area contributed by atoms with Gasteiger partial charge in [-0.05, 0) is 22.0 Å². The fourth-order valence-corrected chi connectivity index (χ4v) is 2.13. The van der Waals surface area contributed by atoms with Crippen molar-refractivity contribution in [1.29, 1.82) is 0 Å². The highest BCUT2D eigenvalue weighted by atomic mass is 79.9. The molecule has 1 aromatic heterocycles. The van der Waals surface area contributed by atoms with Gasteiger partial charge in [-0.3, -0.25) is 10.2 Å². The number of hydrogen-bond donors (Lipinski definition) is 4. The molecule has 0 fully saturated rings. The second-order valence-corrected chi connectivity index (χ2v) is 4.31. The van der Waals surface area contributed by atoms with Crippen molar-refractivity contribution < 1.29 is 9.59 Å². The lowest BCUT2D eigenvalue weighted by molar-refractivity contribution is 0.0931. The molecular weight excluding hydrogens is 300 g/mol. The van der Waals surface area contributed by atoms with Crippen molar-refractivity contribution in [3.8, 4) is 0 Å². The molecule has 3 amide bonds. The molecule has 0 bridgehead atoms. The van der Waals surface area contributed by atoms with Crippen molar-refractivity contribution in [1.82, 2.24) is 21.2 Å². The number of amides is 3. The number of aromatic amines is 1. The first-order valence-electron chi connectivity index (χ1n) is 5.17. The number of carbonyl (C=O) groups excluding carboxylic acids is 2. The number of aromatic nitrogens is 1. The first kappa shape index (κ1) is 12.4. The molecule has 0 aliphatic rings. The van der Waals surface area contributed by atoms with Crippen LogP contribution in [0.3, 0.4) is 0 Å². The van der Waals surface area contributed by atoms with E-state index in [4.69, 9.17) is 0 Å². The Labute approximate surface area is 111 Å². The summed E-state index contributed by atoms with van der Waals surface area (Å²) in [5.41, 5.74) is 5.70. The average molecular weight is 311 g/mol. The number of H-pyrrole nitrogens is 1. The molecule has 0 radical (unpaired) electrons. The number of halogens is 1. The van der Waals surface area contributed by atoms with E-state index in [0.717, 1.165) is 10.9 Å². The lowest BCUT2D eigenvalue weighted by atomic mass is 10.2. The summed E-state index contributed by atoms with van der Waals surface area (Å²) in [6, 6.07) is 7.01. The normalized spacial score (nSPS) is 10.1. The van der Waals surface area contributed by atoms with Crippen molar-refractivity contribution >= 4 is 38.8 Å². The maximum absolute atomic E-state index is 11.8. The van der Waals surface area contributed by atoms with E-state index < -0.39 is 11.9 Å². The highest BCUT2D eigenvalue weighted by Crippen LogP contribution is 2.27. The van der Waals surface area contributed by atoms with Gasteiger partial charge in [0.25, 0.3) is 5.91 Å². The third-order valence-electron chi connectivity index (χ3n) is 2.39. The molecule has 2 aromatic rings. The van der Waals surface area contributed by atoms with E-state index in [0.29, 0.717) is 10.2 Å². The molecule has 4 N–H and O–H groups in total. The topological polar surface area (TPSA) is 86.0 Å². The molecule has 1 aromatic carbocycles. The summed E-state index contributed by atoms with van der Waals surface area (Å²) in [6.45, 7) is 0. The van der Waals surface area contributed by atoms with Crippen LogP contribution in [0.4, 0.5) is 4.79 Å². The first-order chi connectivity index (χ1) is 8.63. The van der Waals surface area contributed by atoms with Crippen LogP contribution in [0.1, 0.15) is 10.5 Å². The molecule has 0 saturated carbocycles. The second kappa shape index (κ2) is 5.09. The molecule has 6 nitrogen and oxygen atoms in total. The van der Waals surface area contributed by atoms with Crippen molar-refractivity contribution in [3.63, 3.8) is 0 Å². The zero-order valence-electron chi connectivity index (χ0n) is 9.50. The zero-order valence-corrected chi connectivity index (χ0v) is 11.1. The monoisotopic (exact) mass is 310 g/mol. The van der Waals surface area contributed by atoms with Crippen LogP contribution in [0.2, 0.25) is 0 Å². The molecule has 0 aliphatic heterocycles. The van der Waals surface area contributed by atoms with Crippen LogP contribution in [-0.4, -0.2) is 24.0 Å². The summed E-state index contributed by atoms with van der Waals surface area (Å²) in [7, 11) is 1.46. The number of fused-ring (bicyclic) bond motifs is 1. The minimum Gasteiger partial charge on any atom is -0.350 e. The molecule has 2 rings (SSSR count).